The first-order valence-electron chi connectivity index (χ1n) is 17.4. The molecule has 0 amide bonds. The van der Waals surface area contributed by atoms with Crippen LogP contribution in [0.1, 0.15) is 73.4 Å². The summed E-state index contributed by atoms with van der Waals surface area (Å²) in [5.74, 6) is -26.0. The molecule has 0 N–H and O–H groups in total. The molecule has 0 spiro atoms. The van der Waals surface area contributed by atoms with E-state index >= 15 is 17.6 Å². The third kappa shape index (κ3) is 7.59. The van der Waals surface area contributed by atoms with Gasteiger partial charge in [0.25, 0.3) is 6.71 Å². The molecule has 0 aliphatic carbocycles. The van der Waals surface area contributed by atoms with E-state index < -0.39 is 92.5 Å². The molecule has 0 saturated heterocycles. The zero-order chi connectivity index (χ0) is 42.0. The predicted octanol–water partition coefficient (Wildman–Crippen LogP) is 10.6. The molecule has 3 nitrogen and oxygen atoms in total. The molecule has 295 valence electrons. The second kappa shape index (κ2) is 14.8. The molecule has 5 aromatic carbocycles. The van der Waals surface area contributed by atoms with Crippen molar-refractivity contribution in [3.8, 4) is 0 Å². The van der Waals surface area contributed by atoms with E-state index in [0.717, 1.165) is 23.3 Å². The fourth-order valence-electron chi connectivity index (χ4n) is 6.33. The third-order valence-corrected chi connectivity index (χ3v) is 9.46. The van der Waals surface area contributed by atoms with E-state index in [1.807, 2.05) is 65.8 Å². The molecular formula is C42H38BF10N2O. The lowest BCUT2D eigenvalue weighted by atomic mass is 9.35. The molecule has 0 fully saturated rings. The van der Waals surface area contributed by atoms with Gasteiger partial charge in [-0.15, -0.1) is 0 Å². The van der Waals surface area contributed by atoms with Gasteiger partial charge in [-0.2, -0.15) is 0 Å². The number of nitrogens with zero attached hydrogens (tertiary/aromatic N) is 2. The first-order valence-corrected chi connectivity index (χ1v) is 17.4. The minimum Gasteiger partial charge on any atom is -0.311 e. The fourth-order valence-corrected chi connectivity index (χ4v) is 6.33. The smallest absolute Gasteiger partial charge is 0.260 e. The highest BCUT2D eigenvalue weighted by molar-refractivity contribution is 6.96. The summed E-state index contributed by atoms with van der Waals surface area (Å²) < 4.78 is 152. The maximum absolute atomic E-state index is 15.9. The lowest BCUT2D eigenvalue weighted by Crippen LogP contribution is -2.59. The molecule has 0 unspecified atom stereocenters. The quantitative estimate of drug-likeness (QED) is 0.0540. The lowest BCUT2D eigenvalue weighted by molar-refractivity contribution is 0.102. The molecule has 56 heavy (non-hydrogen) atoms. The molecule has 0 heterocycles. The van der Waals surface area contributed by atoms with Crippen molar-refractivity contribution in [2.75, 3.05) is 9.96 Å². The molecule has 0 saturated carbocycles. The molecule has 14 heteroatoms. The zero-order valence-corrected chi connectivity index (χ0v) is 32.0. The first kappa shape index (κ1) is 42.2. The molecule has 5 aromatic rings. The Hall–Kier alpha value is -4.98. The Kier molecular flexibility index (Phi) is 11.2. The van der Waals surface area contributed by atoms with Crippen molar-refractivity contribution in [2.45, 2.75) is 78.7 Å². The van der Waals surface area contributed by atoms with E-state index in [4.69, 9.17) is 0 Å². The van der Waals surface area contributed by atoms with Crippen molar-refractivity contribution >= 4 is 45.9 Å². The Bertz CT molecular complexity index is 2110. The number of rotatable bonds is 7. The second-order valence-corrected chi connectivity index (χ2v) is 16.5. The number of hydroxylamine groups is 1. The van der Waals surface area contributed by atoms with Gasteiger partial charge in [0.15, 0.2) is 58.2 Å². The molecule has 0 bridgehead atoms. The second-order valence-electron chi connectivity index (χ2n) is 16.5. The topological polar surface area (TPSA) is 26.4 Å². The molecule has 0 aliphatic rings. The molecule has 0 aromatic heterocycles. The van der Waals surface area contributed by atoms with Gasteiger partial charge < -0.3 is 4.90 Å². The van der Waals surface area contributed by atoms with Gasteiger partial charge >= 0.3 is 0 Å². The van der Waals surface area contributed by atoms with Crippen LogP contribution in [0.25, 0.3) is 0 Å². The molecular weight excluding hydrogens is 749 g/mol. The Morgan fingerprint density at radius 1 is 0.429 bits per heavy atom. The molecule has 1 radical (unpaired) electrons. The van der Waals surface area contributed by atoms with E-state index in [1.165, 1.54) is 26.8 Å². The third-order valence-electron chi connectivity index (χ3n) is 9.46. The lowest BCUT2D eigenvalue weighted by Gasteiger charge is -2.34. The van der Waals surface area contributed by atoms with Crippen LogP contribution in [0, 0.1) is 58.2 Å². The van der Waals surface area contributed by atoms with Crippen LogP contribution in [0.5, 0.6) is 0 Å². The van der Waals surface area contributed by atoms with Crippen LogP contribution in [-0.4, -0.2) is 12.3 Å². The maximum Gasteiger partial charge on any atom is 0.260 e. The van der Waals surface area contributed by atoms with E-state index in [-0.39, 0.29) is 21.6 Å². The van der Waals surface area contributed by atoms with E-state index in [2.05, 4.69) is 0 Å². The minimum absolute atomic E-state index is 0.0100. The summed E-state index contributed by atoms with van der Waals surface area (Å²) in [6.45, 7) is 13.1. The van der Waals surface area contributed by atoms with E-state index in [1.54, 1.807) is 29.2 Å². The van der Waals surface area contributed by atoms with Crippen LogP contribution in [0.15, 0.2) is 66.7 Å². The van der Waals surface area contributed by atoms with Gasteiger partial charge in [-0.3, -0.25) is 0 Å². The van der Waals surface area contributed by atoms with Gasteiger partial charge in [0.2, 0.25) is 0 Å². The first-order chi connectivity index (χ1) is 25.8. The van der Waals surface area contributed by atoms with Crippen molar-refractivity contribution in [2.24, 2.45) is 0 Å². The van der Waals surface area contributed by atoms with Gasteiger partial charge in [0.05, 0.1) is 11.2 Å². The van der Waals surface area contributed by atoms with Crippen molar-refractivity contribution in [3.63, 3.8) is 0 Å². The van der Waals surface area contributed by atoms with Crippen molar-refractivity contribution in [1.29, 1.82) is 0 Å². The molecule has 0 aliphatic heterocycles. The number of anilines is 4. The van der Waals surface area contributed by atoms with Crippen LogP contribution in [0.4, 0.5) is 66.7 Å². The average molecular weight is 788 g/mol. The fraction of sp³-hybridized carbons (Fsp3) is 0.286. The Balaban J connectivity index is 1.97. The highest BCUT2D eigenvalue weighted by Gasteiger charge is 2.43. The van der Waals surface area contributed by atoms with Crippen LogP contribution < -0.4 is 26.4 Å². The number of benzene rings is 5. The number of hydrogen-bond donors (Lipinski definition) is 0. The van der Waals surface area contributed by atoms with Crippen LogP contribution >= 0.6 is 0 Å². The SMILES string of the molecule is CC(C)(C)c1ccc(N(c2ccc(C(C)(C)C)cc2)c2ccc(N([O])C(C)(C)C)c(B(c3c(F)c(F)c(F)c(F)c3F)c3c(F)c(F)c(F)c(F)c3F)c2)cc1. The van der Waals surface area contributed by atoms with E-state index in [0.29, 0.717) is 11.4 Å². The molecule has 5 rings (SSSR count). The Labute approximate surface area is 319 Å². The van der Waals surface area contributed by atoms with Crippen LogP contribution in [-0.2, 0) is 16.0 Å². The standard InChI is InChI=1S/C42H38BF10N2O/c1-40(2,3)21-10-14-23(15-11-21)54(24-16-12-22(13-17-24)41(4,5)6)25-18-19-27(55(56)42(7,8)9)26(20-25)43(28-30(44)34(48)38(52)35(49)31(28)45)29-32(46)36(50)39(53)37(51)33(29)47/h10-20H,1-9H3. The highest BCUT2D eigenvalue weighted by Crippen LogP contribution is 2.38. The summed E-state index contributed by atoms with van der Waals surface area (Å²) in [7, 11) is 0. The largest absolute Gasteiger partial charge is 0.311 e. The van der Waals surface area contributed by atoms with Gasteiger partial charge in [0.1, 0.15) is 0 Å². The summed E-state index contributed by atoms with van der Waals surface area (Å²) in [5.41, 5.74) is -4.67. The van der Waals surface area contributed by atoms with Gasteiger partial charge in [-0.05, 0) is 90.7 Å². The predicted molar refractivity (Wildman–Crippen MR) is 199 cm³/mol. The summed E-state index contributed by atoms with van der Waals surface area (Å²) >= 11 is 0. The monoisotopic (exact) mass is 787 g/mol. The summed E-state index contributed by atoms with van der Waals surface area (Å²) in [6, 6.07) is 17.6. The van der Waals surface area contributed by atoms with Crippen LogP contribution in [0.3, 0.4) is 0 Å². The summed E-state index contributed by atoms with van der Waals surface area (Å²) in [5, 5.41) is 14.2. The Morgan fingerprint density at radius 2 is 0.732 bits per heavy atom. The van der Waals surface area contributed by atoms with Crippen molar-refractivity contribution in [1.82, 2.24) is 0 Å². The van der Waals surface area contributed by atoms with Crippen molar-refractivity contribution in [3.05, 3.63) is 136 Å². The van der Waals surface area contributed by atoms with E-state index in [9.17, 15) is 31.5 Å². The number of halogens is 10. The molecule has 0 atom stereocenters. The maximum atomic E-state index is 15.9. The normalized spacial score (nSPS) is 12.3. The Morgan fingerprint density at radius 3 is 1.04 bits per heavy atom. The van der Waals surface area contributed by atoms with Gasteiger partial charge in [0, 0.05) is 28.0 Å². The van der Waals surface area contributed by atoms with Gasteiger partial charge in [-0.25, -0.2) is 49.0 Å². The van der Waals surface area contributed by atoms with Crippen molar-refractivity contribution < 1.29 is 49.1 Å². The minimum atomic E-state index is -2.98. The summed E-state index contributed by atoms with van der Waals surface area (Å²) in [6.07, 6.45) is 0. The average Bonchev–Trinajstić information content (AvgIpc) is 3.13. The highest BCUT2D eigenvalue weighted by atomic mass is 19.2. The summed E-state index contributed by atoms with van der Waals surface area (Å²) in [4.78, 5) is 1.58. The number of hydrogen-bond acceptors (Lipinski definition) is 2. The van der Waals surface area contributed by atoms with Gasteiger partial charge in [-0.1, -0.05) is 71.0 Å². The van der Waals surface area contributed by atoms with Crippen LogP contribution in [0.2, 0.25) is 0 Å². The zero-order valence-electron chi connectivity index (χ0n) is 32.0.